The Morgan fingerprint density at radius 1 is 2.00 bits per heavy atom. The minimum Gasteiger partial charge on any atom is -0.483 e. The molecule has 0 unspecified atom stereocenters. The SMILES string of the molecule is CCO/C=N\C(=O)O. The molecular weight excluding hydrogens is 110 g/mol. The van der Waals surface area contributed by atoms with Gasteiger partial charge < -0.3 is 9.84 Å². The highest BCUT2D eigenvalue weighted by atomic mass is 16.5. The van der Waals surface area contributed by atoms with Crippen LogP contribution in [0.15, 0.2) is 4.99 Å². The van der Waals surface area contributed by atoms with Gasteiger partial charge in [0, 0.05) is 0 Å². The highest BCUT2D eigenvalue weighted by molar-refractivity contribution is 5.74. The Balaban J connectivity index is 3.20. The van der Waals surface area contributed by atoms with Crippen molar-refractivity contribution in [2.45, 2.75) is 6.92 Å². The van der Waals surface area contributed by atoms with Crippen molar-refractivity contribution in [2.24, 2.45) is 4.99 Å². The van der Waals surface area contributed by atoms with E-state index in [-0.39, 0.29) is 0 Å². The predicted molar refractivity (Wildman–Crippen MR) is 28.1 cm³/mol. The second-order valence-electron chi connectivity index (χ2n) is 0.972. The fraction of sp³-hybridized carbons (Fsp3) is 0.500. The Morgan fingerprint density at radius 2 is 2.62 bits per heavy atom. The predicted octanol–water partition coefficient (Wildman–Crippen LogP) is 0.729. The van der Waals surface area contributed by atoms with Crippen molar-refractivity contribution in [1.29, 1.82) is 0 Å². The number of rotatable bonds is 2. The van der Waals surface area contributed by atoms with Crippen LogP contribution in [0.4, 0.5) is 4.79 Å². The molecule has 8 heavy (non-hydrogen) atoms. The average Bonchev–Trinajstić information content (AvgIpc) is 1.66. The summed E-state index contributed by atoms with van der Waals surface area (Å²) in [6, 6.07) is 0. The minimum absolute atomic E-state index is 0.441. The van der Waals surface area contributed by atoms with Crippen LogP contribution in [-0.4, -0.2) is 24.2 Å². The maximum absolute atomic E-state index is 9.60. The number of amides is 1. The third-order valence-electron chi connectivity index (χ3n) is 0.404. The number of hydrogen-bond acceptors (Lipinski definition) is 2. The first-order valence-corrected chi connectivity index (χ1v) is 2.14. The second-order valence-corrected chi connectivity index (χ2v) is 0.972. The molecule has 0 atom stereocenters. The Bertz CT molecular complexity index is 99.5. The van der Waals surface area contributed by atoms with Crippen LogP contribution in [0.3, 0.4) is 0 Å². The van der Waals surface area contributed by atoms with Crippen LogP contribution in [0.25, 0.3) is 0 Å². The highest BCUT2D eigenvalue weighted by Crippen LogP contribution is 1.69. The lowest BCUT2D eigenvalue weighted by Crippen LogP contribution is -1.90. The smallest absolute Gasteiger partial charge is 0.433 e. The first-order valence-electron chi connectivity index (χ1n) is 2.14. The molecule has 0 aromatic rings. The lowest BCUT2D eigenvalue weighted by Gasteiger charge is -1.86. The van der Waals surface area contributed by atoms with Crippen LogP contribution in [0.1, 0.15) is 6.92 Å². The molecule has 0 rings (SSSR count). The number of aliphatic imine (C=N–C) groups is 1. The monoisotopic (exact) mass is 117 g/mol. The van der Waals surface area contributed by atoms with Crippen LogP contribution < -0.4 is 0 Å². The summed E-state index contributed by atoms with van der Waals surface area (Å²) in [4.78, 5) is 12.5. The fourth-order valence-corrected chi connectivity index (χ4v) is 0.157. The average molecular weight is 117 g/mol. The van der Waals surface area contributed by atoms with Gasteiger partial charge in [-0.3, -0.25) is 0 Å². The Hall–Kier alpha value is -1.06. The minimum atomic E-state index is -1.24. The molecule has 46 valence electrons. The van der Waals surface area contributed by atoms with Crippen LogP contribution in [0, 0.1) is 0 Å². The molecule has 0 bridgehead atoms. The van der Waals surface area contributed by atoms with E-state index in [4.69, 9.17) is 5.11 Å². The lowest BCUT2D eigenvalue weighted by molar-refractivity contribution is 0.204. The first kappa shape index (κ1) is 6.94. The summed E-state index contributed by atoms with van der Waals surface area (Å²) in [6.45, 7) is 2.19. The summed E-state index contributed by atoms with van der Waals surface area (Å²) in [7, 11) is 0. The number of carbonyl (C=O) groups is 1. The zero-order valence-electron chi connectivity index (χ0n) is 4.50. The van der Waals surface area contributed by atoms with Crippen molar-refractivity contribution in [3.63, 3.8) is 0 Å². The summed E-state index contributed by atoms with van der Waals surface area (Å²) >= 11 is 0. The van der Waals surface area contributed by atoms with E-state index in [0.29, 0.717) is 6.61 Å². The fourth-order valence-electron chi connectivity index (χ4n) is 0.157. The number of hydrogen-bond donors (Lipinski definition) is 1. The largest absolute Gasteiger partial charge is 0.483 e. The van der Waals surface area contributed by atoms with E-state index in [9.17, 15) is 4.79 Å². The van der Waals surface area contributed by atoms with Crippen molar-refractivity contribution in [2.75, 3.05) is 6.61 Å². The number of ether oxygens (including phenoxy) is 1. The van der Waals surface area contributed by atoms with Crippen LogP contribution in [0.2, 0.25) is 0 Å². The Labute approximate surface area is 46.8 Å². The first-order chi connectivity index (χ1) is 3.77. The molecule has 0 saturated carbocycles. The third kappa shape index (κ3) is 4.94. The topological polar surface area (TPSA) is 58.9 Å². The normalized spacial score (nSPS) is 9.62. The van der Waals surface area contributed by atoms with Crippen molar-refractivity contribution in [3.8, 4) is 0 Å². The number of carboxylic acid groups (broad SMARTS) is 1. The molecule has 0 aliphatic rings. The van der Waals surface area contributed by atoms with Gasteiger partial charge in [-0.25, -0.2) is 4.79 Å². The molecule has 0 saturated heterocycles. The molecule has 4 heteroatoms. The molecule has 0 aliphatic heterocycles. The van der Waals surface area contributed by atoms with E-state index in [1.165, 1.54) is 0 Å². The molecule has 0 aliphatic carbocycles. The van der Waals surface area contributed by atoms with E-state index in [1.54, 1.807) is 6.92 Å². The van der Waals surface area contributed by atoms with Gasteiger partial charge in [0.2, 0.25) is 0 Å². The zero-order chi connectivity index (χ0) is 6.41. The van der Waals surface area contributed by atoms with E-state index in [1.807, 2.05) is 0 Å². The van der Waals surface area contributed by atoms with Crippen molar-refractivity contribution >= 4 is 12.5 Å². The molecule has 0 heterocycles. The second kappa shape index (κ2) is 4.11. The van der Waals surface area contributed by atoms with Gasteiger partial charge in [0.25, 0.3) is 0 Å². The van der Waals surface area contributed by atoms with Crippen molar-refractivity contribution in [1.82, 2.24) is 0 Å². The third-order valence-corrected chi connectivity index (χ3v) is 0.404. The van der Waals surface area contributed by atoms with Crippen LogP contribution in [0.5, 0.6) is 0 Å². The lowest BCUT2D eigenvalue weighted by atomic mass is 10.9. The molecule has 0 fully saturated rings. The zero-order valence-corrected chi connectivity index (χ0v) is 4.50. The molecule has 0 spiro atoms. The maximum atomic E-state index is 9.60. The van der Waals surface area contributed by atoms with Crippen LogP contribution in [-0.2, 0) is 4.74 Å². The Kier molecular flexibility index (Phi) is 3.56. The van der Waals surface area contributed by atoms with Gasteiger partial charge >= 0.3 is 6.09 Å². The van der Waals surface area contributed by atoms with Crippen molar-refractivity contribution in [3.05, 3.63) is 0 Å². The van der Waals surface area contributed by atoms with E-state index in [0.717, 1.165) is 6.40 Å². The molecule has 4 nitrogen and oxygen atoms in total. The van der Waals surface area contributed by atoms with Crippen LogP contribution >= 0.6 is 0 Å². The summed E-state index contributed by atoms with van der Waals surface area (Å²) in [6.07, 6.45) is -0.332. The van der Waals surface area contributed by atoms with Gasteiger partial charge in [-0.1, -0.05) is 0 Å². The quantitative estimate of drug-likeness (QED) is 0.428. The molecule has 0 aromatic carbocycles. The molecule has 1 amide bonds. The van der Waals surface area contributed by atoms with E-state index < -0.39 is 6.09 Å². The Morgan fingerprint density at radius 3 is 3.00 bits per heavy atom. The molecule has 0 radical (unpaired) electrons. The number of nitrogens with zero attached hydrogens (tertiary/aromatic N) is 1. The van der Waals surface area contributed by atoms with Gasteiger partial charge in [-0.15, -0.1) is 4.99 Å². The summed E-state index contributed by atoms with van der Waals surface area (Å²) < 4.78 is 4.47. The summed E-state index contributed by atoms with van der Waals surface area (Å²) in [5, 5.41) is 7.86. The molecule has 1 N–H and O–H groups in total. The standard InChI is InChI=1S/C4H7NO3/c1-2-8-3-5-4(6)7/h3H,2H2,1H3,(H,6,7)/b5-3-. The van der Waals surface area contributed by atoms with E-state index >= 15 is 0 Å². The maximum Gasteiger partial charge on any atom is 0.433 e. The molecular formula is C4H7NO3. The molecule has 0 aromatic heterocycles. The van der Waals surface area contributed by atoms with Gasteiger partial charge in [0.15, 0.2) is 6.40 Å². The highest BCUT2D eigenvalue weighted by Gasteiger charge is 1.82. The van der Waals surface area contributed by atoms with Gasteiger partial charge in [0.05, 0.1) is 6.61 Å². The van der Waals surface area contributed by atoms with E-state index in [2.05, 4.69) is 9.73 Å². The summed E-state index contributed by atoms with van der Waals surface area (Å²) in [5.74, 6) is 0. The van der Waals surface area contributed by atoms with Crippen molar-refractivity contribution < 1.29 is 14.6 Å². The van der Waals surface area contributed by atoms with Gasteiger partial charge in [-0.05, 0) is 6.92 Å². The van der Waals surface area contributed by atoms with Gasteiger partial charge in [-0.2, -0.15) is 0 Å². The summed E-state index contributed by atoms with van der Waals surface area (Å²) in [5.41, 5.74) is 0. The van der Waals surface area contributed by atoms with Gasteiger partial charge in [0.1, 0.15) is 0 Å².